The van der Waals surface area contributed by atoms with Crippen molar-refractivity contribution in [2.75, 3.05) is 5.73 Å². The number of hydrogen-bond acceptors (Lipinski definition) is 3. The monoisotopic (exact) mass is 210 g/mol. The number of halogens is 2. The zero-order chi connectivity index (χ0) is 10.8. The van der Waals surface area contributed by atoms with Crippen LogP contribution in [0.15, 0.2) is 30.5 Å². The Kier molecular flexibility index (Phi) is 2.37. The van der Waals surface area contributed by atoms with E-state index < -0.39 is 6.61 Å². The molecule has 0 saturated carbocycles. The summed E-state index contributed by atoms with van der Waals surface area (Å²) in [6.07, 6.45) is 1.52. The van der Waals surface area contributed by atoms with E-state index >= 15 is 0 Å². The molecule has 5 heteroatoms. The molecule has 0 saturated heterocycles. The van der Waals surface area contributed by atoms with Crippen LogP contribution in [0.3, 0.4) is 0 Å². The standard InChI is InChI=1S/C10H8F2N2O/c11-10(12)15-7-1-2-8-6(5-7)3-4-14-9(8)13/h1-5,10H,(H2,13,14). The molecule has 0 atom stereocenters. The Morgan fingerprint density at radius 2 is 2.07 bits per heavy atom. The van der Waals surface area contributed by atoms with Crippen LogP contribution in [0.5, 0.6) is 5.75 Å². The van der Waals surface area contributed by atoms with Gasteiger partial charge in [0.2, 0.25) is 0 Å². The molecule has 1 aromatic heterocycles. The first-order valence-corrected chi connectivity index (χ1v) is 4.26. The third kappa shape index (κ3) is 1.96. The van der Waals surface area contributed by atoms with Crippen LogP contribution in [-0.2, 0) is 0 Å². The smallest absolute Gasteiger partial charge is 0.387 e. The van der Waals surface area contributed by atoms with Crippen LogP contribution < -0.4 is 10.5 Å². The number of aromatic nitrogens is 1. The maximum atomic E-state index is 11.9. The second kappa shape index (κ2) is 3.68. The van der Waals surface area contributed by atoms with Gasteiger partial charge in [0.05, 0.1) is 0 Å². The van der Waals surface area contributed by atoms with Gasteiger partial charge in [-0.1, -0.05) is 0 Å². The van der Waals surface area contributed by atoms with Gasteiger partial charge in [-0.25, -0.2) is 4.98 Å². The van der Waals surface area contributed by atoms with E-state index in [1.807, 2.05) is 0 Å². The minimum Gasteiger partial charge on any atom is -0.435 e. The van der Waals surface area contributed by atoms with Crippen molar-refractivity contribution in [1.82, 2.24) is 4.98 Å². The largest absolute Gasteiger partial charge is 0.435 e. The summed E-state index contributed by atoms with van der Waals surface area (Å²) < 4.78 is 28.1. The van der Waals surface area contributed by atoms with Crippen LogP contribution in [0.25, 0.3) is 10.8 Å². The summed E-state index contributed by atoms with van der Waals surface area (Å²) in [4.78, 5) is 3.89. The molecule has 1 aromatic carbocycles. The first kappa shape index (κ1) is 9.64. The van der Waals surface area contributed by atoms with Crippen LogP contribution in [0.4, 0.5) is 14.6 Å². The molecular weight excluding hydrogens is 202 g/mol. The Morgan fingerprint density at radius 3 is 2.80 bits per heavy atom. The second-order valence-corrected chi connectivity index (χ2v) is 2.96. The lowest BCUT2D eigenvalue weighted by molar-refractivity contribution is -0.0497. The highest BCUT2D eigenvalue weighted by atomic mass is 19.3. The van der Waals surface area contributed by atoms with Crippen LogP contribution in [-0.4, -0.2) is 11.6 Å². The lowest BCUT2D eigenvalue weighted by atomic mass is 10.1. The molecule has 0 radical (unpaired) electrons. The zero-order valence-corrected chi connectivity index (χ0v) is 7.65. The minimum absolute atomic E-state index is 0.114. The normalized spacial score (nSPS) is 10.9. The van der Waals surface area contributed by atoms with E-state index in [2.05, 4.69) is 9.72 Å². The first-order chi connectivity index (χ1) is 7.16. The number of rotatable bonds is 2. The molecule has 78 valence electrons. The van der Waals surface area contributed by atoms with Gasteiger partial charge in [-0.05, 0) is 29.7 Å². The molecule has 0 spiro atoms. The van der Waals surface area contributed by atoms with Crippen LogP contribution >= 0.6 is 0 Å². The molecule has 0 unspecified atom stereocenters. The number of nitrogens with two attached hydrogens (primary N) is 1. The first-order valence-electron chi connectivity index (χ1n) is 4.26. The van der Waals surface area contributed by atoms with Gasteiger partial charge < -0.3 is 10.5 Å². The fourth-order valence-electron chi connectivity index (χ4n) is 1.36. The molecule has 3 nitrogen and oxygen atoms in total. The van der Waals surface area contributed by atoms with Gasteiger partial charge in [-0.2, -0.15) is 8.78 Å². The van der Waals surface area contributed by atoms with E-state index in [1.54, 1.807) is 12.1 Å². The molecule has 0 amide bonds. The van der Waals surface area contributed by atoms with Gasteiger partial charge in [-0.15, -0.1) is 0 Å². The Morgan fingerprint density at radius 1 is 1.27 bits per heavy atom. The summed E-state index contributed by atoms with van der Waals surface area (Å²) in [5.74, 6) is 0.485. The number of nitrogens with zero attached hydrogens (tertiary/aromatic N) is 1. The van der Waals surface area contributed by atoms with E-state index in [0.29, 0.717) is 5.82 Å². The van der Waals surface area contributed by atoms with Gasteiger partial charge in [0.25, 0.3) is 0 Å². The number of anilines is 1. The van der Waals surface area contributed by atoms with Crippen molar-refractivity contribution in [2.45, 2.75) is 6.61 Å². The van der Waals surface area contributed by atoms with Gasteiger partial charge in [0, 0.05) is 11.6 Å². The summed E-state index contributed by atoms with van der Waals surface area (Å²) in [6.45, 7) is -2.82. The number of pyridine rings is 1. The molecule has 15 heavy (non-hydrogen) atoms. The average molecular weight is 210 g/mol. The molecular formula is C10H8F2N2O. The van der Waals surface area contributed by atoms with Crippen LogP contribution in [0, 0.1) is 0 Å². The molecule has 2 N–H and O–H groups in total. The highest BCUT2D eigenvalue weighted by molar-refractivity contribution is 5.91. The highest BCUT2D eigenvalue weighted by Gasteiger charge is 2.05. The van der Waals surface area contributed by atoms with E-state index in [4.69, 9.17) is 5.73 Å². The lowest BCUT2D eigenvalue weighted by Gasteiger charge is -2.06. The van der Waals surface area contributed by atoms with Crippen molar-refractivity contribution in [3.05, 3.63) is 30.5 Å². The third-order valence-electron chi connectivity index (χ3n) is 1.99. The average Bonchev–Trinajstić information content (AvgIpc) is 2.17. The van der Waals surface area contributed by atoms with Crippen molar-refractivity contribution in [2.24, 2.45) is 0 Å². The number of nitrogen functional groups attached to an aromatic ring is 1. The van der Waals surface area contributed by atoms with Crippen LogP contribution in [0.1, 0.15) is 0 Å². The fourth-order valence-corrected chi connectivity index (χ4v) is 1.36. The molecule has 0 aliphatic heterocycles. The molecule has 2 aromatic rings. The van der Waals surface area contributed by atoms with Crippen molar-refractivity contribution in [3.8, 4) is 5.75 Å². The zero-order valence-electron chi connectivity index (χ0n) is 7.65. The maximum absolute atomic E-state index is 11.9. The molecule has 0 aliphatic carbocycles. The van der Waals surface area contributed by atoms with Gasteiger partial charge >= 0.3 is 6.61 Å². The minimum atomic E-state index is -2.82. The van der Waals surface area contributed by atoms with Crippen molar-refractivity contribution in [3.63, 3.8) is 0 Å². The highest BCUT2D eigenvalue weighted by Crippen LogP contribution is 2.24. The molecule has 1 heterocycles. The molecule has 0 aliphatic rings. The molecule has 2 rings (SSSR count). The van der Waals surface area contributed by atoms with E-state index in [-0.39, 0.29) is 5.75 Å². The number of ether oxygens (including phenoxy) is 1. The Labute approximate surface area is 84.5 Å². The van der Waals surface area contributed by atoms with Gasteiger partial charge in [0.15, 0.2) is 0 Å². The lowest BCUT2D eigenvalue weighted by Crippen LogP contribution is -2.01. The predicted molar refractivity (Wildman–Crippen MR) is 52.8 cm³/mol. The summed E-state index contributed by atoms with van der Waals surface area (Å²) in [5.41, 5.74) is 5.61. The van der Waals surface area contributed by atoms with Crippen molar-refractivity contribution in [1.29, 1.82) is 0 Å². The van der Waals surface area contributed by atoms with Crippen molar-refractivity contribution >= 4 is 16.6 Å². The Balaban J connectivity index is 2.48. The predicted octanol–water partition coefficient (Wildman–Crippen LogP) is 2.42. The summed E-state index contributed by atoms with van der Waals surface area (Å²) in [6, 6.07) is 6.23. The number of alkyl halides is 2. The second-order valence-electron chi connectivity index (χ2n) is 2.96. The molecule has 0 fully saturated rings. The SMILES string of the molecule is Nc1nccc2cc(OC(F)F)ccc12. The maximum Gasteiger partial charge on any atom is 0.387 e. The number of hydrogen-bond donors (Lipinski definition) is 1. The summed E-state index contributed by atoms with van der Waals surface area (Å²) in [7, 11) is 0. The quantitative estimate of drug-likeness (QED) is 0.827. The van der Waals surface area contributed by atoms with Gasteiger partial charge in [0.1, 0.15) is 11.6 Å². The van der Waals surface area contributed by atoms with E-state index in [9.17, 15) is 8.78 Å². The summed E-state index contributed by atoms with van der Waals surface area (Å²) in [5, 5.41) is 1.44. The van der Waals surface area contributed by atoms with Gasteiger partial charge in [-0.3, -0.25) is 0 Å². The third-order valence-corrected chi connectivity index (χ3v) is 1.99. The Hall–Kier alpha value is -1.91. The number of fused-ring (bicyclic) bond motifs is 1. The molecule has 0 bridgehead atoms. The van der Waals surface area contributed by atoms with E-state index in [0.717, 1.165) is 10.8 Å². The van der Waals surface area contributed by atoms with Crippen molar-refractivity contribution < 1.29 is 13.5 Å². The topological polar surface area (TPSA) is 48.1 Å². The number of benzene rings is 1. The fraction of sp³-hybridized carbons (Fsp3) is 0.100. The van der Waals surface area contributed by atoms with Crippen LogP contribution in [0.2, 0.25) is 0 Å². The summed E-state index contributed by atoms with van der Waals surface area (Å²) >= 11 is 0. The van der Waals surface area contributed by atoms with E-state index in [1.165, 1.54) is 18.3 Å². The Bertz CT molecular complexity index is 488.